The van der Waals surface area contributed by atoms with Crippen LogP contribution in [0.1, 0.15) is 31.5 Å². The number of carboxylic acids is 1. The summed E-state index contributed by atoms with van der Waals surface area (Å²) in [6, 6.07) is -0.222. The van der Waals surface area contributed by atoms with Gasteiger partial charge in [-0.3, -0.25) is 4.79 Å². The molecule has 7 heteroatoms. The second-order valence-electron chi connectivity index (χ2n) is 5.68. The van der Waals surface area contributed by atoms with Gasteiger partial charge in [0.05, 0.1) is 13.0 Å². The molecule has 3 rings (SSSR count). The number of nitrogens with zero attached hydrogens (tertiary/aromatic N) is 4. The Balaban J connectivity index is 1.70. The van der Waals surface area contributed by atoms with Crippen LogP contribution < -0.4 is 0 Å². The van der Waals surface area contributed by atoms with Gasteiger partial charge in [0.25, 0.3) is 0 Å². The van der Waals surface area contributed by atoms with Gasteiger partial charge in [-0.15, -0.1) is 0 Å². The SMILES string of the molecule is O=C(O)CC1CCCCN1C(=O)N1CCn2ccnc2C1. The minimum atomic E-state index is -0.839. The summed E-state index contributed by atoms with van der Waals surface area (Å²) in [7, 11) is 0. The molecule has 1 aromatic rings. The monoisotopic (exact) mass is 292 g/mol. The van der Waals surface area contributed by atoms with Gasteiger partial charge in [-0.25, -0.2) is 9.78 Å². The highest BCUT2D eigenvalue weighted by Gasteiger charge is 2.32. The molecule has 21 heavy (non-hydrogen) atoms. The molecular weight excluding hydrogens is 272 g/mol. The maximum Gasteiger partial charge on any atom is 0.320 e. The first kappa shape index (κ1) is 13.9. The number of hydrogen-bond donors (Lipinski definition) is 1. The Morgan fingerprint density at radius 3 is 2.95 bits per heavy atom. The quantitative estimate of drug-likeness (QED) is 0.887. The average molecular weight is 292 g/mol. The van der Waals surface area contributed by atoms with Crippen molar-refractivity contribution in [2.24, 2.45) is 0 Å². The van der Waals surface area contributed by atoms with Gasteiger partial charge in [0, 0.05) is 38.1 Å². The largest absolute Gasteiger partial charge is 0.481 e. The van der Waals surface area contributed by atoms with E-state index in [9.17, 15) is 9.59 Å². The highest BCUT2D eigenvalue weighted by atomic mass is 16.4. The van der Waals surface area contributed by atoms with Gasteiger partial charge >= 0.3 is 12.0 Å². The van der Waals surface area contributed by atoms with Crippen LogP contribution in [-0.4, -0.2) is 55.6 Å². The predicted molar refractivity (Wildman–Crippen MR) is 74.6 cm³/mol. The van der Waals surface area contributed by atoms with Crippen LogP contribution in [0.3, 0.4) is 0 Å². The topological polar surface area (TPSA) is 78.7 Å². The lowest BCUT2D eigenvalue weighted by Crippen LogP contribution is -2.52. The van der Waals surface area contributed by atoms with Crippen molar-refractivity contribution in [2.75, 3.05) is 13.1 Å². The van der Waals surface area contributed by atoms with Crippen LogP contribution in [0.25, 0.3) is 0 Å². The number of carbonyl (C=O) groups is 2. The van der Waals surface area contributed by atoms with Crippen molar-refractivity contribution in [3.8, 4) is 0 Å². The molecule has 0 aliphatic carbocycles. The lowest BCUT2D eigenvalue weighted by Gasteiger charge is -2.39. The Bertz CT molecular complexity index is 542. The Labute approximate surface area is 123 Å². The van der Waals surface area contributed by atoms with E-state index in [1.165, 1.54) is 0 Å². The number of likely N-dealkylation sites (tertiary alicyclic amines) is 1. The third-order valence-electron chi connectivity index (χ3n) is 4.30. The van der Waals surface area contributed by atoms with Crippen molar-refractivity contribution in [2.45, 2.75) is 44.8 Å². The molecule has 2 aliphatic heterocycles. The maximum atomic E-state index is 12.7. The summed E-state index contributed by atoms with van der Waals surface area (Å²) in [4.78, 5) is 31.5. The van der Waals surface area contributed by atoms with E-state index in [1.54, 1.807) is 16.0 Å². The van der Waals surface area contributed by atoms with Crippen LogP contribution >= 0.6 is 0 Å². The van der Waals surface area contributed by atoms with E-state index in [0.717, 1.165) is 31.6 Å². The fourth-order valence-corrected chi connectivity index (χ4v) is 3.18. The predicted octanol–water partition coefficient (Wildman–Crippen LogP) is 1.15. The second-order valence-corrected chi connectivity index (χ2v) is 5.68. The Hall–Kier alpha value is -2.05. The summed E-state index contributed by atoms with van der Waals surface area (Å²) >= 11 is 0. The smallest absolute Gasteiger partial charge is 0.320 e. The number of aromatic nitrogens is 2. The molecule has 1 aromatic heterocycles. The fourth-order valence-electron chi connectivity index (χ4n) is 3.18. The number of imidazole rings is 1. The molecule has 7 nitrogen and oxygen atoms in total. The van der Waals surface area contributed by atoms with Crippen LogP contribution in [0.5, 0.6) is 0 Å². The lowest BCUT2D eigenvalue weighted by atomic mass is 10.00. The number of aliphatic carboxylic acids is 1. The van der Waals surface area contributed by atoms with E-state index in [2.05, 4.69) is 9.55 Å². The normalized spacial score (nSPS) is 22.0. The van der Waals surface area contributed by atoms with Crippen molar-refractivity contribution < 1.29 is 14.7 Å². The molecule has 0 aromatic carbocycles. The van der Waals surface area contributed by atoms with Gasteiger partial charge in [0.2, 0.25) is 0 Å². The molecule has 114 valence electrons. The van der Waals surface area contributed by atoms with Crippen molar-refractivity contribution in [3.63, 3.8) is 0 Å². The zero-order valence-electron chi connectivity index (χ0n) is 11.9. The van der Waals surface area contributed by atoms with E-state index in [1.807, 2.05) is 6.20 Å². The van der Waals surface area contributed by atoms with Gasteiger partial charge in [-0.2, -0.15) is 0 Å². The number of fused-ring (bicyclic) bond motifs is 1. The second kappa shape index (κ2) is 5.75. The molecule has 1 saturated heterocycles. The summed E-state index contributed by atoms with van der Waals surface area (Å²) in [5, 5.41) is 9.01. The summed E-state index contributed by atoms with van der Waals surface area (Å²) in [5.74, 6) is 0.0512. The molecule has 2 amide bonds. The van der Waals surface area contributed by atoms with E-state index in [4.69, 9.17) is 5.11 Å². The number of carboxylic acid groups (broad SMARTS) is 1. The Kier molecular flexibility index (Phi) is 3.81. The van der Waals surface area contributed by atoms with Gasteiger partial charge in [-0.1, -0.05) is 0 Å². The van der Waals surface area contributed by atoms with Crippen molar-refractivity contribution in [1.29, 1.82) is 0 Å². The van der Waals surface area contributed by atoms with Crippen molar-refractivity contribution in [1.82, 2.24) is 19.4 Å². The summed E-state index contributed by atoms with van der Waals surface area (Å²) in [6.07, 6.45) is 6.42. The van der Waals surface area contributed by atoms with E-state index < -0.39 is 5.97 Å². The van der Waals surface area contributed by atoms with E-state index in [0.29, 0.717) is 19.6 Å². The molecule has 0 spiro atoms. The molecule has 0 saturated carbocycles. The van der Waals surface area contributed by atoms with Crippen LogP contribution in [0.2, 0.25) is 0 Å². The molecule has 1 unspecified atom stereocenters. The molecule has 1 N–H and O–H groups in total. The number of amides is 2. The molecule has 0 radical (unpaired) electrons. The Morgan fingerprint density at radius 2 is 2.14 bits per heavy atom. The van der Waals surface area contributed by atoms with Crippen LogP contribution in [0.4, 0.5) is 4.79 Å². The zero-order chi connectivity index (χ0) is 14.8. The van der Waals surface area contributed by atoms with Gasteiger partial charge in [0.15, 0.2) is 0 Å². The third kappa shape index (κ3) is 2.86. The third-order valence-corrected chi connectivity index (χ3v) is 4.30. The molecular formula is C14H20N4O3. The number of carbonyl (C=O) groups excluding carboxylic acids is 1. The molecule has 1 fully saturated rings. The average Bonchev–Trinajstić information content (AvgIpc) is 2.94. The zero-order valence-corrected chi connectivity index (χ0v) is 11.9. The standard InChI is InChI=1S/C14H20N4O3/c19-13(20)9-11-3-1-2-5-18(11)14(21)17-8-7-16-6-4-15-12(16)10-17/h4,6,11H,1-3,5,7-10H2,(H,19,20). The van der Waals surface area contributed by atoms with E-state index in [-0.39, 0.29) is 18.5 Å². The fraction of sp³-hybridized carbons (Fsp3) is 0.643. The van der Waals surface area contributed by atoms with Gasteiger partial charge in [-0.05, 0) is 19.3 Å². The first-order valence-corrected chi connectivity index (χ1v) is 7.42. The van der Waals surface area contributed by atoms with Gasteiger partial charge < -0.3 is 19.5 Å². The number of piperidine rings is 1. The number of urea groups is 1. The lowest BCUT2D eigenvalue weighted by molar-refractivity contribution is -0.138. The Morgan fingerprint density at radius 1 is 1.29 bits per heavy atom. The molecule has 0 bridgehead atoms. The summed E-state index contributed by atoms with van der Waals surface area (Å²) < 4.78 is 2.05. The van der Waals surface area contributed by atoms with Crippen molar-refractivity contribution >= 4 is 12.0 Å². The first-order valence-electron chi connectivity index (χ1n) is 7.42. The summed E-state index contributed by atoms with van der Waals surface area (Å²) in [6.45, 7) is 2.56. The highest BCUT2D eigenvalue weighted by molar-refractivity contribution is 5.76. The van der Waals surface area contributed by atoms with Crippen LogP contribution in [0.15, 0.2) is 12.4 Å². The maximum absolute atomic E-state index is 12.7. The summed E-state index contributed by atoms with van der Waals surface area (Å²) in [5.41, 5.74) is 0. The first-order chi connectivity index (χ1) is 10.1. The van der Waals surface area contributed by atoms with E-state index >= 15 is 0 Å². The minimum absolute atomic E-state index is 0.0359. The van der Waals surface area contributed by atoms with Crippen LogP contribution in [0, 0.1) is 0 Å². The van der Waals surface area contributed by atoms with Crippen molar-refractivity contribution in [3.05, 3.63) is 18.2 Å². The van der Waals surface area contributed by atoms with Gasteiger partial charge in [0.1, 0.15) is 5.82 Å². The number of hydrogen-bond acceptors (Lipinski definition) is 3. The van der Waals surface area contributed by atoms with Crippen LogP contribution in [-0.2, 0) is 17.9 Å². The number of rotatable bonds is 2. The molecule has 1 atom stereocenters. The molecule has 3 heterocycles. The minimum Gasteiger partial charge on any atom is -0.481 e. The highest BCUT2D eigenvalue weighted by Crippen LogP contribution is 2.22. The molecule has 2 aliphatic rings.